The van der Waals surface area contributed by atoms with Crippen molar-refractivity contribution in [3.8, 4) is 0 Å². The van der Waals surface area contributed by atoms with Crippen molar-refractivity contribution in [2.75, 3.05) is 13.3 Å². The third-order valence-corrected chi connectivity index (χ3v) is 5.63. The van der Waals surface area contributed by atoms with Crippen LogP contribution in [0.1, 0.15) is 97.7 Å². The van der Waals surface area contributed by atoms with E-state index >= 15 is 0 Å². The monoisotopic (exact) mass is 475 g/mol. The van der Waals surface area contributed by atoms with Crippen LogP contribution < -0.4 is 16.0 Å². The topological polar surface area (TPSA) is 99.7 Å². The molecule has 0 bridgehead atoms. The minimum atomic E-state index is -0.869. The first-order valence-electron chi connectivity index (χ1n) is 12.8. The molecule has 0 aromatic rings. The second-order valence-electron chi connectivity index (χ2n) is 9.94. The number of carbonyl (C=O) groups excluding carboxylic acids is 2. The van der Waals surface area contributed by atoms with Gasteiger partial charge in [0.05, 0.1) is 25.4 Å². The van der Waals surface area contributed by atoms with E-state index in [1.165, 1.54) is 0 Å². The molecule has 0 aliphatic heterocycles. The van der Waals surface area contributed by atoms with Gasteiger partial charge in [0, 0.05) is 16.7 Å². The Morgan fingerprint density at radius 3 is 2.27 bits per heavy atom. The van der Waals surface area contributed by atoms with Crippen LogP contribution in [0.25, 0.3) is 0 Å². The molecule has 33 heavy (non-hydrogen) atoms. The van der Waals surface area contributed by atoms with Crippen LogP contribution in [-0.4, -0.2) is 54.5 Å². The van der Waals surface area contributed by atoms with Crippen molar-refractivity contribution < 1.29 is 23.7 Å². The van der Waals surface area contributed by atoms with Gasteiger partial charge < -0.3 is 15.2 Å². The molecule has 0 fully saturated rings. The van der Waals surface area contributed by atoms with E-state index in [1.54, 1.807) is 6.92 Å². The number of unbranched alkanes of at least 4 members (excludes halogenated alkanes) is 2. The van der Waals surface area contributed by atoms with Crippen LogP contribution in [0.2, 0.25) is 0 Å². The number of hydrogen-bond acceptors (Lipinski definition) is 6. The molecule has 1 unspecified atom stereocenters. The maximum Gasteiger partial charge on any atom is 0.220 e. The Labute approximate surface area is 207 Å². The van der Waals surface area contributed by atoms with Gasteiger partial charge in [-0.15, -0.1) is 0 Å². The smallest absolute Gasteiger partial charge is 0.220 e. The summed E-state index contributed by atoms with van der Waals surface area (Å²) in [5.41, 5.74) is 0.540. The van der Waals surface area contributed by atoms with Gasteiger partial charge in [-0.05, 0) is 43.6 Å². The number of hydrogen-bond donors (Lipinski definition) is 4. The second-order valence-corrected chi connectivity index (χ2v) is 9.94. The molecule has 0 radical (unpaired) electrons. The normalized spacial score (nSPS) is 15.3. The van der Waals surface area contributed by atoms with Gasteiger partial charge in [0.1, 0.15) is 6.23 Å². The van der Waals surface area contributed by atoms with Crippen molar-refractivity contribution in [3.63, 3.8) is 0 Å². The Kier molecular flexibility index (Phi) is 17.4. The number of carbonyl (C=O) groups is 2. The lowest BCUT2D eigenvalue weighted by molar-refractivity contribution is -0.123. The lowest BCUT2D eigenvalue weighted by Crippen LogP contribution is -2.56. The zero-order chi connectivity index (χ0) is 25.4. The lowest BCUT2D eigenvalue weighted by atomic mass is 9.97. The van der Waals surface area contributed by atoms with Crippen molar-refractivity contribution >= 4 is 11.7 Å². The molecule has 4 atom stereocenters. The second kappa shape index (κ2) is 18.1. The summed E-state index contributed by atoms with van der Waals surface area (Å²) in [6.45, 7) is 18.5. The molecule has 4 N–H and O–H groups in total. The summed E-state index contributed by atoms with van der Waals surface area (Å²) in [5, 5.41) is 20.3. The Bertz CT molecular complexity index is 581. The molecule has 0 aliphatic carbocycles. The van der Waals surface area contributed by atoms with Crippen LogP contribution in [0.3, 0.4) is 0 Å². The first-order chi connectivity index (χ1) is 15.5. The number of aliphatic hydroxyl groups is 1. The standard InChI is InChI=1S/C26H51N3O4.3H2/c1-9-11-12-14-23(30)29-24(19(5)6)26(32)28-21(13-10-2)16-33-17-27-22(15-18(3)4)25(31)20(7)8;;;/h18-19,21-22,24,26-28,32H,7,9-17H2,1-6,8H3,(H,29,30);3*1H/t21-,22-,24-,26?;;;/m0.../s1. The summed E-state index contributed by atoms with van der Waals surface area (Å²) in [6.07, 6.45) is 5.05. The van der Waals surface area contributed by atoms with Gasteiger partial charge in [0.25, 0.3) is 0 Å². The molecule has 0 aromatic carbocycles. The number of Topliss-reactive ketones (excluding diaryl/α,β-unsaturated/α-hetero) is 1. The van der Waals surface area contributed by atoms with Gasteiger partial charge in [0.2, 0.25) is 5.91 Å². The van der Waals surface area contributed by atoms with E-state index in [0.29, 0.717) is 24.5 Å². The largest absolute Gasteiger partial charge is 0.376 e. The molecule has 0 aliphatic rings. The summed E-state index contributed by atoms with van der Waals surface area (Å²) in [4.78, 5) is 24.7. The van der Waals surface area contributed by atoms with E-state index in [2.05, 4.69) is 50.2 Å². The summed E-state index contributed by atoms with van der Waals surface area (Å²) >= 11 is 0. The molecule has 0 spiro atoms. The molecule has 0 aromatic heterocycles. The van der Waals surface area contributed by atoms with E-state index < -0.39 is 6.23 Å². The van der Waals surface area contributed by atoms with Gasteiger partial charge in [-0.2, -0.15) is 0 Å². The van der Waals surface area contributed by atoms with Crippen molar-refractivity contribution in [3.05, 3.63) is 12.2 Å². The van der Waals surface area contributed by atoms with Gasteiger partial charge in [-0.25, -0.2) is 0 Å². The van der Waals surface area contributed by atoms with Gasteiger partial charge in [0.15, 0.2) is 5.78 Å². The molecule has 0 heterocycles. The predicted octanol–water partition coefficient (Wildman–Crippen LogP) is 4.65. The molecule has 0 saturated carbocycles. The summed E-state index contributed by atoms with van der Waals surface area (Å²) < 4.78 is 5.82. The molecule has 7 nitrogen and oxygen atoms in total. The molecule has 200 valence electrons. The Hall–Kier alpha value is -1.28. The molecular weight excluding hydrogens is 418 g/mol. The number of rotatable bonds is 20. The maximum atomic E-state index is 12.4. The van der Waals surface area contributed by atoms with E-state index in [4.69, 9.17) is 4.74 Å². The predicted molar refractivity (Wildman–Crippen MR) is 142 cm³/mol. The first kappa shape index (κ1) is 31.7. The van der Waals surface area contributed by atoms with Crippen molar-refractivity contribution in [1.29, 1.82) is 0 Å². The van der Waals surface area contributed by atoms with Gasteiger partial charge in [-0.1, -0.05) is 67.4 Å². The highest BCUT2D eigenvalue weighted by molar-refractivity contribution is 5.98. The molecule has 0 rings (SSSR count). The Morgan fingerprint density at radius 1 is 1.09 bits per heavy atom. The fraction of sp³-hybridized carbons (Fsp3) is 0.846. The molecule has 0 saturated heterocycles. The van der Waals surface area contributed by atoms with Crippen LogP contribution in [0.15, 0.2) is 12.2 Å². The van der Waals surface area contributed by atoms with E-state index in [9.17, 15) is 14.7 Å². The quantitative estimate of drug-likeness (QED) is 0.116. The highest BCUT2D eigenvalue weighted by Crippen LogP contribution is 2.11. The fourth-order valence-corrected chi connectivity index (χ4v) is 3.72. The van der Waals surface area contributed by atoms with Gasteiger partial charge >= 0.3 is 0 Å². The van der Waals surface area contributed by atoms with Gasteiger partial charge in [-0.3, -0.25) is 20.2 Å². The number of aliphatic hydroxyl groups excluding tert-OH is 1. The average Bonchev–Trinajstić information content (AvgIpc) is 2.73. The lowest BCUT2D eigenvalue weighted by Gasteiger charge is -2.31. The van der Waals surface area contributed by atoms with E-state index in [1.807, 2.05) is 13.8 Å². The summed E-state index contributed by atoms with van der Waals surface area (Å²) in [5.74, 6) is 0.451. The average molecular weight is 476 g/mol. The zero-order valence-corrected chi connectivity index (χ0v) is 22.2. The van der Waals surface area contributed by atoms with Crippen LogP contribution in [0, 0.1) is 11.8 Å². The number of ether oxygens (including phenoxy) is 1. The first-order valence-corrected chi connectivity index (χ1v) is 12.8. The third kappa shape index (κ3) is 14.6. The zero-order valence-electron chi connectivity index (χ0n) is 22.2. The van der Waals surface area contributed by atoms with E-state index in [0.717, 1.165) is 38.5 Å². The minimum absolute atomic E-state index is 0. The Balaban J connectivity index is -0.00000171. The molecular formula is C26H57N3O4. The summed E-state index contributed by atoms with van der Waals surface area (Å²) in [7, 11) is 0. The van der Waals surface area contributed by atoms with Crippen molar-refractivity contribution in [2.24, 2.45) is 11.8 Å². The van der Waals surface area contributed by atoms with E-state index in [-0.39, 0.29) is 46.7 Å². The maximum absolute atomic E-state index is 12.4. The molecule has 7 heteroatoms. The van der Waals surface area contributed by atoms with Crippen LogP contribution in [0.4, 0.5) is 0 Å². The third-order valence-electron chi connectivity index (χ3n) is 5.63. The molecule has 1 amide bonds. The SMILES string of the molecule is C=C(C)C(=O)[C@H](CC(C)C)NCOC[C@H](CCC)NC(O)[C@@H](NC(=O)CCCCC)C(C)C.[HH].[HH].[HH]. The van der Waals surface area contributed by atoms with Crippen LogP contribution >= 0.6 is 0 Å². The minimum Gasteiger partial charge on any atom is -0.376 e. The fourth-order valence-electron chi connectivity index (χ4n) is 3.72. The van der Waals surface area contributed by atoms with Crippen molar-refractivity contribution in [1.82, 2.24) is 16.0 Å². The Morgan fingerprint density at radius 2 is 1.76 bits per heavy atom. The highest BCUT2D eigenvalue weighted by Gasteiger charge is 2.26. The van der Waals surface area contributed by atoms with Crippen LogP contribution in [-0.2, 0) is 14.3 Å². The summed E-state index contributed by atoms with van der Waals surface area (Å²) in [6, 6.07) is -0.746. The highest BCUT2D eigenvalue weighted by atomic mass is 16.5. The number of ketones is 1. The van der Waals surface area contributed by atoms with Crippen LogP contribution in [0.5, 0.6) is 0 Å². The number of amides is 1. The van der Waals surface area contributed by atoms with Crippen molar-refractivity contribution in [2.45, 2.75) is 118 Å². The number of nitrogens with one attached hydrogen (secondary N) is 3.